The molecule has 3 amide bonds. The predicted octanol–water partition coefficient (Wildman–Crippen LogP) is 4.74. The molecule has 1 aromatic rings. The molecule has 3 aliphatic heterocycles. The Morgan fingerprint density at radius 3 is 2.43 bits per heavy atom. The standard InChI is InChI=1S/C35H51N3O6/c1-5-9-12-23-36(21-6-2)34(42)31-35-20-19-28(44-35)29(30(35)33(41)38(31)24-13-10-11-14-25-39)32(40)37(22-7-3)26-15-17-27(18-16-26)43-8-4/h6-7,15-18,28-31,39H,2-3,5,8-14,19-25H2,1,4H3/t28-,29+,30-,31?,35?/m0/s1. The Balaban J connectivity index is 1.66. The molecular weight excluding hydrogens is 558 g/mol. The summed E-state index contributed by atoms with van der Waals surface area (Å²) in [6.07, 6.45) is 10.2. The van der Waals surface area contributed by atoms with Crippen molar-refractivity contribution in [2.45, 2.75) is 89.4 Å². The Labute approximate surface area is 262 Å². The first kappa shape index (κ1) is 33.7. The zero-order valence-electron chi connectivity index (χ0n) is 26.6. The van der Waals surface area contributed by atoms with Crippen molar-refractivity contribution in [2.24, 2.45) is 11.8 Å². The van der Waals surface area contributed by atoms with E-state index in [2.05, 4.69) is 20.1 Å². The Morgan fingerprint density at radius 2 is 1.77 bits per heavy atom. The van der Waals surface area contributed by atoms with Crippen LogP contribution in [0.5, 0.6) is 5.75 Å². The number of benzene rings is 1. The Kier molecular flexibility index (Phi) is 12.0. The van der Waals surface area contributed by atoms with Crippen LogP contribution in [0.15, 0.2) is 49.6 Å². The summed E-state index contributed by atoms with van der Waals surface area (Å²) in [5.41, 5.74) is -0.338. The zero-order chi connectivity index (χ0) is 31.7. The lowest BCUT2D eigenvalue weighted by molar-refractivity contribution is -0.147. The number of likely N-dealkylation sites (tertiary alicyclic amines) is 1. The summed E-state index contributed by atoms with van der Waals surface area (Å²) in [6.45, 7) is 14.2. The smallest absolute Gasteiger partial charge is 0.248 e. The molecule has 1 N–H and O–H groups in total. The van der Waals surface area contributed by atoms with Crippen LogP contribution >= 0.6 is 0 Å². The maximum atomic E-state index is 14.4. The molecule has 1 aromatic carbocycles. The molecule has 9 nitrogen and oxygen atoms in total. The number of amides is 3. The molecule has 9 heteroatoms. The summed E-state index contributed by atoms with van der Waals surface area (Å²) >= 11 is 0. The van der Waals surface area contributed by atoms with Gasteiger partial charge in [0.2, 0.25) is 17.7 Å². The first-order valence-electron chi connectivity index (χ1n) is 16.5. The Bertz CT molecular complexity index is 1160. The van der Waals surface area contributed by atoms with E-state index < -0.39 is 29.6 Å². The van der Waals surface area contributed by atoms with Crippen LogP contribution in [-0.4, -0.2) is 89.8 Å². The number of nitrogens with zero attached hydrogens (tertiary/aromatic N) is 3. The number of ether oxygens (including phenoxy) is 2. The molecule has 0 aliphatic carbocycles. The van der Waals surface area contributed by atoms with Crippen molar-refractivity contribution < 1.29 is 29.0 Å². The summed E-state index contributed by atoms with van der Waals surface area (Å²) in [7, 11) is 0. The second-order valence-electron chi connectivity index (χ2n) is 12.2. The lowest BCUT2D eigenvalue weighted by atomic mass is 9.70. The number of aliphatic hydroxyl groups excluding tert-OH is 1. The van der Waals surface area contributed by atoms with Gasteiger partial charge in [-0.05, 0) is 63.3 Å². The molecular formula is C35H51N3O6. The van der Waals surface area contributed by atoms with Gasteiger partial charge in [-0.1, -0.05) is 44.8 Å². The largest absolute Gasteiger partial charge is 0.494 e. The SMILES string of the molecule is C=CCN(CCCCC)C(=O)C1N(CCCCCCO)C(=O)[C@@H]2[C@H](C(=O)N(CC=C)c3ccc(OCC)cc3)[C@@H]3CCC12O3. The highest BCUT2D eigenvalue weighted by Gasteiger charge is 2.74. The summed E-state index contributed by atoms with van der Waals surface area (Å²) in [6, 6.07) is 6.59. The van der Waals surface area contributed by atoms with Crippen molar-refractivity contribution in [3.05, 3.63) is 49.6 Å². The van der Waals surface area contributed by atoms with Gasteiger partial charge in [-0.2, -0.15) is 0 Å². The number of fused-ring (bicyclic) bond motifs is 1. The van der Waals surface area contributed by atoms with Gasteiger partial charge in [0.15, 0.2) is 0 Å². The molecule has 3 heterocycles. The van der Waals surface area contributed by atoms with Crippen LogP contribution in [-0.2, 0) is 19.1 Å². The molecule has 2 bridgehead atoms. The van der Waals surface area contributed by atoms with Gasteiger partial charge in [-0.25, -0.2) is 0 Å². The third-order valence-corrected chi connectivity index (χ3v) is 9.36. The molecule has 3 aliphatic rings. The van der Waals surface area contributed by atoms with Gasteiger partial charge in [-0.3, -0.25) is 14.4 Å². The van der Waals surface area contributed by atoms with E-state index >= 15 is 0 Å². The van der Waals surface area contributed by atoms with Crippen LogP contribution in [0.1, 0.15) is 71.6 Å². The second kappa shape index (κ2) is 15.7. The zero-order valence-corrected chi connectivity index (χ0v) is 26.6. The van der Waals surface area contributed by atoms with Gasteiger partial charge >= 0.3 is 0 Å². The van der Waals surface area contributed by atoms with Crippen molar-refractivity contribution >= 4 is 23.4 Å². The quantitative estimate of drug-likeness (QED) is 0.180. The van der Waals surface area contributed by atoms with E-state index in [1.807, 2.05) is 36.1 Å². The maximum absolute atomic E-state index is 14.4. The number of unbranched alkanes of at least 4 members (excludes halogenated alkanes) is 5. The minimum atomic E-state index is -1.03. The average molecular weight is 610 g/mol. The minimum Gasteiger partial charge on any atom is -0.494 e. The van der Waals surface area contributed by atoms with Crippen molar-refractivity contribution in [3.8, 4) is 5.75 Å². The highest BCUT2D eigenvalue weighted by molar-refractivity contribution is 6.03. The maximum Gasteiger partial charge on any atom is 0.248 e. The number of hydrogen-bond donors (Lipinski definition) is 1. The lowest BCUT2D eigenvalue weighted by Crippen LogP contribution is -2.56. The van der Waals surface area contributed by atoms with E-state index in [4.69, 9.17) is 9.47 Å². The third kappa shape index (κ3) is 6.74. The van der Waals surface area contributed by atoms with E-state index in [0.29, 0.717) is 57.6 Å². The van der Waals surface area contributed by atoms with Crippen LogP contribution < -0.4 is 9.64 Å². The molecule has 5 atom stereocenters. The fourth-order valence-corrected chi connectivity index (χ4v) is 7.40. The van der Waals surface area contributed by atoms with Crippen LogP contribution in [0.3, 0.4) is 0 Å². The van der Waals surface area contributed by atoms with Gasteiger partial charge < -0.3 is 29.3 Å². The topological polar surface area (TPSA) is 99.6 Å². The molecule has 242 valence electrons. The van der Waals surface area contributed by atoms with Crippen LogP contribution in [0, 0.1) is 11.8 Å². The summed E-state index contributed by atoms with van der Waals surface area (Å²) in [4.78, 5) is 48.4. The van der Waals surface area contributed by atoms with Crippen molar-refractivity contribution in [1.29, 1.82) is 0 Å². The monoisotopic (exact) mass is 609 g/mol. The molecule has 3 fully saturated rings. The number of rotatable bonds is 19. The Hall–Kier alpha value is -3.17. The van der Waals surface area contributed by atoms with Crippen molar-refractivity contribution in [3.63, 3.8) is 0 Å². The second-order valence-corrected chi connectivity index (χ2v) is 12.2. The first-order chi connectivity index (χ1) is 21.4. The van der Waals surface area contributed by atoms with Crippen molar-refractivity contribution in [2.75, 3.05) is 44.3 Å². The number of anilines is 1. The van der Waals surface area contributed by atoms with Gasteiger partial charge in [0.1, 0.15) is 17.4 Å². The van der Waals surface area contributed by atoms with E-state index in [9.17, 15) is 19.5 Å². The predicted molar refractivity (Wildman–Crippen MR) is 171 cm³/mol. The minimum absolute atomic E-state index is 0.115. The van der Waals surface area contributed by atoms with E-state index in [-0.39, 0.29) is 30.9 Å². The molecule has 4 rings (SSSR count). The third-order valence-electron chi connectivity index (χ3n) is 9.36. The fraction of sp³-hybridized carbons (Fsp3) is 0.629. The lowest BCUT2D eigenvalue weighted by Gasteiger charge is -2.37. The summed E-state index contributed by atoms with van der Waals surface area (Å²) in [5.74, 6) is -1.16. The molecule has 1 spiro atoms. The van der Waals surface area contributed by atoms with Crippen LogP contribution in [0.4, 0.5) is 5.69 Å². The van der Waals surface area contributed by atoms with Gasteiger partial charge in [0.25, 0.3) is 0 Å². The molecule has 2 unspecified atom stereocenters. The first-order valence-corrected chi connectivity index (χ1v) is 16.5. The highest BCUT2D eigenvalue weighted by Crippen LogP contribution is 2.59. The molecule has 0 radical (unpaired) electrons. The molecule has 3 saturated heterocycles. The van der Waals surface area contributed by atoms with E-state index in [1.165, 1.54) is 0 Å². The summed E-state index contributed by atoms with van der Waals surface area (Å²) < 4.78 is 12.3. The Morgan fingerprint density at radius 1 is 1.05 bits per heavy atom. The molecule has 0 aromatic heterocycles. The highest BCUT2D eigenvalue weighted by atomic mass is 16.5. The van der Waals surface area contributed by atoms with E-state index in [0.717, 1.165) is 37.9 Å². The molecule has 0 saturated carbocycles. The number of aliphatic hydroxyl groups is 1. The normalized spacial score (nSPS) is 25.2. The van der Waals surface area contributed by atoms with Gasteiger partial charge in [0, 0.05) is 38.5 Å². The van der Waals surface area contributed by atoms with Gasteiger partial charge in [-0.15, -0.1) is 13.2 Å². The van der Waals surface area contributed by atoms with Crippen LogP contribution in [0.25, 0.3) is 0 Å². The van der Waals surface area contributed by atoms with Crippen LogP contribution in [0.2, 0.25) is 0 Å². The summed E-state index contributed by atoms with van der Waals surface area (Å²) in [5, 5.41) is 9.21. The van der Waals surface area contributed by atoms with E-state index in [1.54, 1.807) is 22.0 Å². The molecule has 44 heavy (non-hydrogen) atoms. The number of hydrogen-bond acceptors (Lipinski definition) is 6. The number of carbonyl (C=O) groups excluding carboxylic acids is 3. The number of carbonyl (C=O) groups is 3. The fourth-order valence-electron chi connectivity index (χ4n) is 7.40. The average Bonchev–Trinajstić information content (AvgIpc) is 3.67. The van der Waals surface area contributed by atoms with Crippen molar-refractivity contribution in [1.82, 2.24) is 9.80 Å². The van der Waals surface area contributed by atoms with Gasteiger partial charge in [0.05, 0.1) is 24.5 Å².